The zero-order valence-corrected chi connectivity index (χ0v) is 11.9. The molecule has 1 aromatic carbocycles. The quantitative estimate of drug-likeness (QED) is 0.839. The van der Waals surface area contributed by atoms with Crippen molar-refractivity contribution in [1.29, 1.82) is 0 Å². The molecular weight excluding hydrogens is 252 g/mol. The highest BCUT2D eigenvalue weighted by molar-refractivity contribution is 5.41. The molecule has 0 aliphatic rings. The summed E-state index contributed by atoms with van der Waals surface area (Å²) in [5.74, 6) is 1.99. The highest BCUT2D eigenvalue weighted by Crippen LogP contribution is 2.30. The number of nitrogens with zero attached hydrogens (tertiary/aromatic N) is 1. The van der Waals surface area contributed by atoms with E-state index in [1.807, 2.05) is 43.3 Å². The number of para-hydroxylation sites is 2. The Bertz CT molecular complexity index is 544. The fourth-order valence-corrected chi connectivity index (χ4v) is 1.81. The van der Waals surface area contributed by atoms with E-state index in [1.54, 1.807) is 6.20 Å². The summed E-state index contributed by atoms with van der Waals surface area (Å²) in [4.78, 5) is 4.24. The molecule has 1 aromatic heterocycles. The predicted molar refractivity (Wildman–Crippen MR) is 79.3 cm³/mol. The Labute approximate surface area is 119 Å². The van der Waals surface area contributed by atoms with Crippen molar-refractivity contribution in [2.75, 3.05) is 13.2 Å². The van der Waals surface area contributed by atoms with E-state index in [4.69, 9.17) is 9.47 Å². The van der Waals surface area contributed by atoms with Crippen LogP contribution in [0, 0.1) is 0 Å². The molecule has 1 N–H and O–H groups in total. The first-order valence-electron chi connectivity index (χ1n) is 6.88. The molecule has 0 saturated heterocycles. The molecule has 0 atom stereocenters. The summed E-state index contributed by atoms with van der Waals surface area (Å²) in [6.45, 7) is 6.38. The van der Waals surface area contributed by atoms with Crippen molar-refractivity contribution >= 4 is 0 Å². The van der Waals surface area contributed by atoms with Crippen molar-refractivity contribution in [2.45, 2.75) is 20.4 Å². The maximum atomic E-state index is 5.82. The minimum absolute atomic E-state index is 0.576. The van der Waals surface area contributed by atoms with E-state index in [0.29, 0.717) is 18.2 Å². The van der Waals surface area contributed by atoms with Gasteiger partial charge in [-0.2, -0.15) is 0 Å². The number of ether oxygens (including phenoxy) is 2. The normalized spacial score (nSPS) is 10.3. The molecule has 4 heteroatoms. The lowest BCUT2D eigenvalue weighted by Crippen LogP contribution is -2.11. The minimum atomic E-state index is 0.576. The Hall–Kier alpha value is -2.07. The molecular formula is C16H20N2O2. The molecule has 0 saturated carbocycles. The Morgan fingerprint density at radius 1 is 1.10 bits per heavy atom. The van der Waals surface area contributed by atoms with Crippen molar-refractivity contribution in [3.05, 3.63) is 48.2 Å². The van der Waals surface area contributed by atoms with Crippen LogP contribution >= 0.6 is 0 Å². The zero-order chi connectivity index (χ0) is 14.2. The van der Waals surface area contributed by atoms with Crippen LogP contribution in [0.15, 0.2) is 42.6 Å². The van der Waals surface area contributed by atoms with Gasteiger partial charge in [0, 0.05) is 18.8 Å². The van der Waals surface area contributed by atoms with Gasteiger partial charge in [-0.3, -0.25) is 0 Å². The average Bonchev–Trinajstić information content (AvgIpc) is 2.48. The van der Waals surface area contributed by atoms with E-state index in [2.05, 4.69) is 17.2 Å². The van der Waals surface area contributed by atoms with Crippen LogP contribution in [0.5, 0.6) is 17.4 Å². The van der Waals surface area contributed by atoms with Gasteiger partial charge in [-0.25, -0.2) is 4.98 Å². The summed E-state index contributed by atoms with van der Waals surface area (Å²) < 4.78 is 11.4. The molecule has 1 heterocycles. The first kappa shape index (κ1) is 14.3. The first-order chi connectivity index (χ1) is 9.83. The largest absolute Gasteiger partial charge is 0.490 e. The van der Waals surface area contributed by atoms with E-state index in [0.717, 1.165) is 24.4 Å². The fourth-order valence-electron chi connectivity index (χ4n) is 1.81. The standard InChI is InChI=1S/C16H20N2O2/c1-3-17-12-13-9-10-18-16(11-13)20-15-8-6-5-7-14(15)19-4-2/h5-11,17H,3-4,12H2,1-2H3. The number of hydrogen-bond acceptors (Lipinski definition) is 4. The molecule has 2 rings (SSSR count). The van der Waals surface area contributed by atoms with Crippen LogP contribution in [0.25, 0.3) is 0 Å². The van der Waals surface area contributed by atoms with Gasteiger partial charge in [0.1, 0.15) is 0 Å². The maximum absolute atomic E-state index is 5.82. The Kier molecular flexibility index (Phi) is 5.38. The highest BCUT2D eigenvalue weighted by atomic mass is 16.5. The molecule has 2 aromatic rings. The molecule has 0 amide bonds. The molecule has 0 bridgehead atoms. The molecule has 0 unspecified atom stereocenters. The van der Waals surface area contributed by atoms with Crippen molar-refractivity contribution in [1.82, 2.24) is 10.3 Å². The van der Waals surface area contributed by atoms with Crippen molar-refractivity contribution in [2.24, 2.45) is 0 Å². The van der Waals surface area contributed by atoms with E-state index in [9.17, 15) is 0 Å². The minimum Gasteiger partial charge on any atom is -0.490 e. The Morgan fingerprint density at radius 2 is 1.90 bits per heavy atom. The van der Waals surface area contributed by atoms with Gasteiger partial charge in [0.25, 0.3) is 0 Å². The van der Waals surface area contributed by atoms with E-state index in [-0.39, 0.29) is 0 Å². The second kappa shape index (κ2) is 7.50. The number of pyridine rings is 1. The van der Waals surface area contributed by atoms with Gasteiger partial charge in [-0.15, -0.1) is 0 Å². The number of hydrogen-bond donors (Lipinski definition) is 1. The van der Waals surface area contributed by atoms with Gasteiger partial charge in [0.2, 0.25) is 5.88 Å². The molecule has 20 heavy (non-hydrogen) atoms. The monoisotopic (exact) mass is 272 g/mol. The predicted octanol–water partition coefficient (Wildman–Crippen LogP) is 3.38. The average molecular weight is 272 g/mol. The van der Waals surface area contributed by atoms with Crippen LogP contribution in [-0.4, -0.2) is 18.1 Å². The highest BCUT2D eigenvalue weighted by Gasteiger charge is 2.06. The van der Waals surface area contributed by atoms with Crippen molar-refractivity contribution in [3.63, 3.8) is 0 Å². The van der Waals surface area contributed by atoms with Crippen LogP contribution in [0.4, 0.5) is 0 Å². The summed E-state index contributed by atoms with van der Waals surface area (Å²) in [5, 5.41) is 3.28. The van der Waals surface area contributed by atoms with Crippen LogP contribution in [0.2, 0.25) is 0 Å². The van der Waals surface area contributed by atoms with E-state index >= 15 is 0 Å². The van der Waals surface area contributed by atoms with Gasteiger partial charge in [0.15, 0.2) is 11.5 Å². The lowest BCUT2D eigenvalue weighted by atomic mass is 10.2. The second-order valence-corrected chi connectivity index (χ2v) is 4.26. The second-order valence-electron chi connectivity index (χ2n) is 4.26. The third-order valence-electron chi connectivity index (χ3n) is 2.74. The Balaban J connectivity index is 2.13. The third kappa shape index (κ3) is 3.96. The van der Waals surface area contributed by atoms with Crippen LogP contribution in [0.1, 0.15) is 19.4 Å². The van der Waals surface area contributed by atoms with E-state index in [1.165, 1.54) is 0 Å². The first-order valence-corrected chi connectivity index (χ1v) is 6.88. The van der Waals surface area contributed by atoms with Gasteiger partial charge < -0.3 is 14.8 Å². The van der Waals surface area contributed by atoms with Crippen LogP contribution in [-0.2, 0) is 6.54 Å². The van der Waals surface area contributed by atoms with Gasteiger partial charge in [-0.05, 0) is 37.2 Å². The maximum Gasteiger partial charge on any atom is 0.219 e. The Morgan fingerprint density at radius 3 is 2.65 bits per heavy atom. The molecule has 0 spiro atoms. The summed E-state index contributed by atoms with van der Waals surface area (Å²) >= 11 is 0. The third-order valence-corrected chi connectivity index (χ3v) is 2.74. The number of aromatic nitrogens is 1. The van der Waals surface area contributed by atoms with Gasteiger partial charge >= 0.3 is 0 Å². The topological polar surface area (TPSA) is 43.4 Å². The number of benzene rings is 1. The summed E-state index contributed by atoms with van der Waals surface area (Å²) in [7, 11) is 0. The molecule has 4 nitrogen and oxygen atoms in total. The lowest BCUT2D eigenvalue weighted by molar-refractivity contribution is 0.319. The smallest absolute Gasteiger partial charge is 0.219 e. The number of rotatable bonds is 7. The van der Waals surface area contributed by atoms with Crippen LogP contribution < -0.4 is 14.8 Å². The van der Waals surface area contributed by atoms with Crippen molar-refractivity contribution in [3.8, 4) is 17.4 Å². The van der Waals surface area contributed by atoms with E-state index < -0.39 is 0 Å². The summed E-state index contributed by atoms with van der Waals surface area (Å²) in [6, 6.07) is 11.5. The molecule has 106 valence electrons. The zero-order valence-electron chi connectivity index (χ0n) is 11.9. The summed E-state index contributed by atoms with van der Waals surface area (Å²) in [5.41, 5.74) is 1.14. The number of nitrogens with one attached hydrogen (secondary N) is 1. The van der Waals surface area contributed by atoms with Gasteiger partial charge in [0.05, 0.1) is 6.61 Å². The molecule has 0 aliphatic heterocycles. The summed E-state index contributed by atoms with van der Waals surface area (Å²) in [6.07, 6.45) is 1.76. The molecule has 0 aliphatic carbocycles. The van der Waals surface area contributed by atoms with Crippen LogP contribution in [0.3, 0.4) is 0 Å². The lowest BCUT2D eigenvalue weighted by Gasteiger charge is -2.11. The van der Waals surface area contributed by atoms with Gasteiger partial charge in [-0.1, -0.05) is 19.1 Å². The van der Waals surface area contributed by atoms with Crippen molar-refractivity contribution < 1.29 is 9.47 Å². The fraction of sp³-hybridized carbons (Fsp3) is 0.312. The molecule has 0 radical (unpaired) electrons. The SMILES string of the molecule is CCNCc1ccnc(Oc2ccccc2OCC)c1. The molecule has 0 fully saturated rings.